The van der Waals surface area contributed by atoms with Gasteiger partial charge in [-0.1, -0.05) is 0 Å². The Bertz CT molecular complexity index is 485. The molecule has 0 fully saturated rings. The van der Waals surface area contributed by atoms with Gasteiger partial charge >= 0.3 is 0 Å². The lowest BCUT2D eigenvalue weighted by atomic mass is 9.91. The molecule has 86 valence electrons. The lowest BCUT2D eigenvalue weighted by molar-refractivity contribution is 0.407. The molecular weight excluding hydrogens is 317 g/mol. The Labute approximate surface area is 108 Å². The van der Waals surface area contributed by atoms with Gasteiger partial charge in [0.05, 0.1) is 27.1 Å². The fourth-order valence-electron chi connectivity index (χ4n) is 1.16. The zero-order valence-electron chi connectivity index (χ0n) is 9.62. The van der Waals surface area contributed by atoms with Crippen molar-refractivity contribution in [2.24, 2.45) is 5.41 Å². The van der Waals surface area contributed by atoms with Crippen molar-refractivity contribution in [2.45, 2.75) is 33.7 Å². The molecule has 0 N–H and O–H groups in total. The average Bonchev–Trinajstić information content (AvgIpc) is 2.25. The van der Waals surface area contributed by atoms with E-state index in [1.807, 2.05) is 43.4 Å². The smallest absolute Gasteiger partial charge is 0.266 e. The predicted octanol–water partition coefficient (Wildman–Crippen LogP) is 2.10. The average molecular weight is 331 g/mol. The van der Waals surface area contributed by atoms with E-state index in [1.165, 1.54) is 0 Å². The standard InChI is InChI=1S/C11H14IN3O/c1-8-9(12)10(16)15(7-14-8)5-4-11(2,3)6-13/h7H,4-5H2,1-3H3. The van der Waals surface area contributed by atoms with Gasteiger partial charge in [-0.3, -0.25) is 9.36 Å². The Hall–Kier alpha value is -0.900. The van der Waals surface area contributed by atoms with Crippen molar-refractivity contribution in [2.75, 3.05) is 0 Å². The lowest BCUT2D eigenvalue weighted by Gasteiger charge is -2.15. The summed E-state index contributed by atoms with van der Waals surface area (Å²) in [6.45, 7) is 6.07. The molecule has 1 aromatic rings. The maximum Gasteiger partial charge on any atom is 0.266 e. The first-order valence-corrected chi connectivity index (χ1v) is 6.08. The largest absolute Gasteiger partial charge is 0.298 e. The van der Waals surface area contributed by atoms with Gasteiger partial charge in [0.15, 0.2) is 0 Å². The molecule has 0 saturated carbocycles. The third kappa shape index (κ3) is 3.04. The fourth-order valence-corrected chi connectivity index (χ4v) is 1.61. The number of aryl methyl sites for hydroxylation is 2. The molecule has 0 saturated heterocycles. The second-order valence-corrected chi connectivity index (χ2v) is 5.47. The quantitative estimate of drug-likeness (QED) is 0.797. The minimum absolute atomic E-state index is 0.0261. The SMILES string of the molecule is Cc1ncn(CCC(C)(C)C#N)c(=O)c1I. The Balaban J connectivity index is 2.89. The molecule has 0 atom stereocenters. The summed E-state index contributed by atoms with van der Waals surface area (Å²) in [5.74, 6) is 0. The van der Waals surface area contributed by atoms with Crippen LogP contribution in [0.25, 0.3) is 0 Å². The van der Waals surface area contributed by atoms with Crippen molar-refractivity contribution in [3.63, 3.8) is 0 Å². The van der Waals surface area contributed by atoms with E-state index in [2.05, 4.69) is 11.1 Å². The molecule has 0 aromatic carbocycles. The van der Waals surface area contributed by atoms with Gasteiger partial charge in [0.25, 0.3) is 5.56 Å². The van der Waals surface area contributed by atoms with Gasteiger partial charge in [-0.15, -0.1) is 0 Å². The van der Waals surface area contributed by atoms with Gasteiger partial charge in [-0.25, -0.2) is 4.98 Å². The monoisotopic (exact) mass is 331 g/mol. The molecule has 16 heavy (non-hydrogen) atoms. The van der Waals surface area contributed by atoms with E-state index in [-0.39, 0.29) is 5.56 Å². The topological polar surface area (TPSA) is 58.7 Å². The second-order valence-electron chi connectivity index (χ2n) is 4.39. The Morgan fingerprint density at radius 2 is 2.25 bits per heavy atom. The zero-order valence-corrected chi connectivity index (χ0v) is 11.8. The van der Waals surface area contributed by atoms with Gasteiger partial charge in [-0.05, 0) is 49.8 Å². The normalized spacial score (nSPS) is 11.2. The Kier molecular flexibility index (Phi) is 4.08. The van der Waals surface area contributed by atoms with Crippen LogP contribution in [0, 0.1) is 27.2 Å². The summed E-state index contributed by atoms with van der Waals surface area (Å²) in [4.78, 5) is 16.0. The highest BCUT2D eigenvalue weighted by Gasteiger charge is 2.17. The number of hydrogen-bond acceptors (Lipinski definition) is 3. The van der Waals surface area contributed by atoms with Crippen LogP contribution >= 0.6 is 22.6 Å². The van der Waals surface area contributed by atoms with Crippen molar-refractivity contribution in [1.29, 1.82) is 5.26 Å². The Morgan fingerprint density at radius 1 is 1.62 bits per heavy atom. The number of nitriles is 1. The van der Waals surface area contributed by atoms with Crippen LogP contribution in [0.2, 0.25) is 0 Å². The second kappa shape index (κ2) is 4.95. The van der Waals surface area contributed by atoms with Crippen molar-refractivity contribution >= 4 is 22.6 Å². The van der Waals surface area contributed by atoms with Crippen LogP contribution in [0.1, 0.15) is 26.0 Å². The number of hydrogen-bond donors (Lipinski definition) is 0. The summed E-state index contributed by atoms with van der Waals surface area (Å²) in [7, 11) is 0. The minimum atomic E-state index is -0.407. The number of halogens is 1. The first-order chi connectivity index (χ1) is 7.37. The maximum atomic E-state index is 11.8. The number of rotatable bonds is 3. The summed E-state index contributed by atoms with van der Waals surface area (Å²) in [6.07, 6.45) is 2.19. The summed E-state index contributed by atoms with van der Waals surface area (Å²) >= 11 is 2.00. The van der Waals surface area contributed by atoms with Crippen molar-refractivity contribution in [3.05, 3.63) is 25.9 Å². The maximum absolute atomic E-state index is 11.8. The third-order valence-corrected chi connectivity index (χ3v) is 3.68. The molecule has 0 aliphatic heterocycles. The highest BCUT2D eigenvalue weighted by Crippen LogP contribution is 2.18. The summed E-state index contributed by atoms with van der Waals surface area (Å²) in [5, 5.41) is 8.89. The van der Waals surface area contributed by atoms with E-state index in [4.69, 9.17) is 5.26 Å². The van der Waals surface area contributed by atoms with Crippen LogP contribution in [0.3, 0.4) is 0 Å². The molecule has 4 nitrogen and oxygen atoms in total. The highest BCUT2D eigenvalue weighted by molar-refractivity contribution is 14.1. The molecule has 0 aliphatic rings. The molecule has 0 bridgehead atoms. The van der Waals surface area contributed by atoms with E-state index < -0.39 is 5.41 Å². The molecule has 0 amide bonds. The van der Waals surface area contributed by atoms with Gasteiger partial charge in [0.1, 0.15) is 0 Å². The van der Waals surface area contributed by atoms with Crippen molar-refractivity contribution < 1.29 is 0 Å². The van der Waals surface area contributed by atoms with Crippen LogP contribution < -0.4 is 5.56 Å². The number of aromatic nitrogens is 2. The zero-order chi connectivity index (χ0) is 12.3. The summed E-state index contributed by atoms with van der Waals surface area (Å²) in [5.41, 5.74) is 0.318. The van der Waals surface area contributed by atoms with Gasteiger partial charge in [0, 0.05) is 6.54 Å². The molecule has 1 heterocycles. The fraction of sp³-hybridized carbons (Fsp3) is 0.545. The number of nitrogens with zero attached hydrogens (tertiary/aromatic N) is 3. The summed E-state index contributed by atoms with van der Waals surface area (Å²) < 4.78 is 2.21. The van der Waals surface area contributed by atoms with E-state index in [0.29, 0.717) is 16.5 Å². The van der Waals surface area contributed by atoms with Crippen molar-refractivity contribution in [1.82, 2.24) is 9.55 Å². The molecular formula is C11H14IN3O. The molecule has 0 spiro atoms. The molecule has 1 aromatic heterocycles. The highest BCUT2D eigenvalue weighted by atomic mass is 127. The first-order valence-electron chi connectivity index (χ1n) is 5.00. The summed E-state index contributed by atoms with van der Waals surface area (Å²) in [6, 6.07) is 2.22. The van der Waals surface area contributed by atoms with E-state index in [1.54, 1.807) is 10.9 Å². The molecule has 1 rings (SSSR count). The Morgan fingerprint density at radius 3 is 2.81 bits per heavy atom. The lowest BCUT2D eigenvalue weighted by Crippen LogP contribution is -2.26. The van der Waals surface area contributed by atoms with Crippen LogP contribution in [-0.2, 0) is 6.54 Å². The van der Waals surface area contributed by atoms with Gasteiger partial charge in [-0.2, -0.15) is 5.26 Å². The van der Waals surface area contributed by atoms with Crippen LogP contribution in [0.4, 0.5) is 0 Å². The molecule has 0 radical (unpaired) electrons. The van der Waals surface area contributed by atoms with Crippen LogP contribution in [-0.4, -0.2) is 9.55 Å². The first kappa shape index (κ1) is 13.2. The molecule has 5 heteroatoms. The minimum Gasteiger partial charge on any atom is -0.298 e. The molecule has 0 aliphatic carbocycles. The van der Waals surface area contributed by atoms with E-state index >= 15 is 0 Å². The van der Waals surface area contributed by atoms with Gasteiger partial charge < -0.3 is 0 Å². The van der Waals surface area contributed by atoms with E-state index in [9.17, 15) is 4.79 Å². The van der Waals surface area contributed by atoms with Gasteiger partial charge in [0.2, 0.25) is 0 Å². The van der Waals surface area contributed by atoms with E-state index in [0.717, 1.165) is 5.69 Å². The third-order valence-electron chi connectivity index (χ3n) is 2.44. The predicted molar refractivity (Wildman–Crippen MR) is 70.0 cm³/mol. The van der Waals surface area contributed by atoms with Crippen LogP contribution in [0.5, 0.6) is 0 Å². The van der Waals surface area contributed by atoms with Crippen LogP contribution in [0.15, 0.2) is 11.1 Å². The van der Waals surface area contributed by atoms with Crippen molar-refractivity contribution in [3.8, 4) is 6.07 Å². The molecule has 0 unspecified atom stereocenters.